The van der Waals surface area contributed by atoms with Crippen molar-refractivity contribution in [3.05, 3.63) is 29.3 Å². The molecule has 0 radical (unpaired) electrons. The molecule has 1 heterocycles. The van der Waals surface area contributed by atoms with E-state index >= 15 is 0 Å². The third-order valence-corrected chi connectivity index (χ3v) is 3.88. The van der Waals surface area contributed by atoms with Gasteiger partial charge in [-0.15, -0.1) is 0 Å². The van der Waals surface area contributed by atoms with Crippen molar-refractivity contribution in [2.75, 3.05) is 25.0 Å². The Morgan fingerprint density at radius 2 is 1.95 bits per heavy atom. The van der Waals surface area contributed by atoms with Crippen molar-refractivity contribution in [2.24, 2.45) is 0 Å². The second-order valence-corrected chi connectivity index (χ2v) is 5.45. The molecule has 0 saturated carbocycles. The number of rotatable bonds is 4. The van der Waals surface area contributed by atoms with E-state index in [4.69, 9.17) is 0 Å². The van der Waals surface area contributed by atoms with Gasteiger partial charge in [0.05, 0.1) is 25.2 Å². The Bertz CT molecular complexity index is 459. The van der Waals surface area contributed by atoms with E-state index in [0.717, 1.165) is 16.8 Å². The SMILES string of the molecule is CCC1(O)CN(C(=O)CNc2c(C)cccc2C)C1. The minimum atomic E-state index is -0.658. The summed E-state index contributed by atoms with van der Waals surface area (Å²) in [7, 11) is 0. The van der Waals surface area contributed by atoms with E-state index in [2.05, 4.69) is 5.32 Å². The molecule has 0 unspecified atom stereocenters. The number of nitrogens with one attached hydrogen (secondary N) is 1. The highest BCUT2D eigenvalue weighted by molar-refractivity contribution is 5.82. The monoisotopic (exact) mass is 262 g/mol. The third kappa shape index (κ3) is 2.89. The zero-order valence-electron chi connectivity index (χ0n) is 11.9. The van der Waals surface area contributed by atoms with Crippen LogP contribution in [0.3, 0.4) is 0 Å². The van der Waals surface area contributed by atoms with E-state index in [9.17, 15) is 9.90 Å². The first-order chi connectivity index (χ1) is 8.95. The van der Waals surface area contributed by atoms with Gasteiger partial charge in [0.1, 0.15) is 0 Å². The molecule has 1 aliphatic rings. The number of amides is 1. The van der Waals surface area contributed by atoms with Gasteiger partial charge in [0, 0.05) is 5.69 Å². The standard InChI is InChI=1S/C15H22N2O2/c1-4-15(19)9-17(10-15)13(18)8-16-14-11(2)6-5-7-12(14)3/h5-7,16,19H,4,8-10H2,1-3H3. The van der Waals surface area contributed by atoms with Crippen LogP contribution in [-0.4, -0.2) is 41.1 Å². The molecule has 0 atom stereocenters. The van der Waals surface area contributed by atoms with Gasteiger partial charge in [0.15, 0.2) is 0 Å². The molecule has 0 aromatic heterocycles. The van der Waals surface area contributed by atoms with Gasteiger partial charge in [0.25, 0.3) is 0 Å². The minimum Gasteiger partial charge on any atom is -0.386 e. The number of aryl methyl sites for hydroxylation is 2. The second-order valence-electron chi connectivity index (χ2n) is 5.45. The molecular formula is C15H22N2O2. The van der Waals surface area contributed by atoms with Gasteiger partial charge < -0.3 is 15.3 Å². The molecule has 1 fully saturated rings. The first-order valence-corrected chi connectivity index (χ1v) is 6.75. The molecule has 1 aromatic carbocycles. The van der Waals surface area contributed by atoms with Crippen molar-refractivity contribution < 1.29 is 9.90 Å². The minimum absolute atomic E-state index is 0.0424. The molecule has 1 aromatic rings. The normalized spacial score (nSPS) is 16.9. The molecule has 0 aliphatic carbocycles. The number of β-amino-alcohol motifs (C(OH)–C–C–N with tert-alkyl or cyclic N) is 1. The lowest BCUT2D eigenvalue weighted by molar-refractivity contribution is -0.153. The Morgan fingerprint density at radius 1 is 1.37 bits per heavy atom. The van der Waals surface area contributed by atoms with Crippen LogP contribution in [-0.2, 0) is 4.79 Å². The molecule has 1 aliphatic heterocycles. The van der Waals surface area contributed by atoms with Crippen LogP contribution in [0.15, 0.2) is 18.2 Å². The van der Waals surface area contributed by atoms with Crippen molar-refractivity contribution in [3.8, 4) is 0 Å². The number of likely N-dealkylation sites (tertiary alicyclic amines) is 1. The number of benzene rings is 1. The molecule has 104 valence electrons. The Labute approximate surface area is 114 Å². The number of nitrogens with zero attached hydrogens (tertiary/aromatic N) is 1. The first kappa shape index (κ1) is 13.9. The van der Waals surface area contributed by atoms with E-state index in [1.807, 2.05) is 39.0 Å². The molecule has 2 rings (SSSR count). The highest BCUT2D eigenvalue weighted by Gasteiger charge is 2.41. The summed E-state index contributed by atoms with van der Waals surface area (Å²) in [6.45, 7) is 7.19. The predicted octanol–water partition coefficient (Wildman–Crippen LogP) is 1.70. The van der Waals surface area contributed by atoms with Crippen LogP contribution in [0.1, 0.15) is 24.5 Å². The summed E-state index contributed by atoms with van der Waals surface area (Å²) < 4.78 is 0. The molecule has 0 spiro atoms. The van der Waals surface area contributed by atoms with Gasteiger partial charge in [-0.3, -0.25) is 4.79 Å². The Morgan fingerprint density at radius 3 is 2.47 bits per heavy atom. The van der Waals surface area contributed by atoms with Crippen LogP contribution in [0, 0.1) is 13.8 Å². The zero-order valence-corrected chi connectivity index (χ0v) is 11.9. The van der Waals surface area contributed by atoms with Gasteiger partial charge in [-0.1, -0.05) is 25.1 Å². The van der Waals surface area contributed by atoms with E-state index in [1.54, 1.807) is 4.90 Å². The second kappa shape index (κ2) is 5.21. The Kier molecular flexibility index (Phi) is 3.80. The van der Waals surface area contributed by atoms with E-state index in [1.165, 1.54) is 0 Å². The zero-order chi connectivity index (χ0) is 14.0. The molecule has 1 saturated heterocycles. The van der Waals surface area contributed by atoms with Crippen LogP contribution >= 0.6 is 0 Å². The molecule has 0 bridgehead atoms. The van der Waals surface area contributed by atoms with Crippen molar-refractivity contribution >= 4 is 11.6 Å². The number of para-hydroxylation sites is 1. The van der Waals surface area contributed by atoms with E-state index in [-0.39, 0.29) is 12.5 Å². The lowest BCUT2D eigenvalue weighted by Gasteiger charge is -2.46. The fourth-order valence-electron chi connectivity index (χ4n) is 2.43. The summed E-state index contributed by atoms with van der Waals surface area (Å²) in [5.41, 5.74) is 2.65. The summed E-state index contributed by atoms with van der Waals surface area (Å²) in [5, 5.41) is 13.1. The maximum atomic E-state index is 12.0. The number of hydrogen-bond acceptors (Lipinski definition) is 3. The van der Waals surface area contributed by atoms with Gasteiger partial charge >= 0.3 is 0 Å². The van der Waals surface area contributed by atoms with E-state index in [0.29, 0.717) is 19.5 Å². The molecule has 19 heavy (non-hydrogen) atoms. The average molecular weight is 262 g/mol. The predicted molar refractivity (Wildman–Crippen MR) is 76.2 cm³/mol. The topological polar surface area (TPSA) is 52.6 Å². The van der Waals surface area contributed by atoms with Gasteiger partial charge in [-0.2, -0.15) is 0 Å². The molecular weight excluding hydrogens is 240 g/mol. The lowest BCUT2D eigenvalue weighted by Crippen LogP contribution is -2.64. The number of aliphatic hydroxyl groups is 1. The van der Waals surface area contributed by atoms with Crippen LogP contribution < -0.4 is 5.32 Å². The van der Waals surface area contributed by atoms with Crippen LogP contribution in [0.4, 0.5) is 5.69 Å². The number of hydrogen-bond donors (Lipinski definition) is 2. The molecule has 4 nitrogen and oxygen atoms in total. The number of carbonyl (C=O) groups excluding carboxylic acids is 1. The molecule has 2 N–H and O–H groups in total. The van der Waals surface area contributed by atoms with Gasteiger partial charge in [-0.25, -0.2) is 0 Å². The fourth-order valence-corrected chi connectivity index (χ4v) is 2.43. The van der Waals surface area contributed by atoms with Crippen LogP contribution in [0.2, 0.25) is 0 Å². The highest BCUT2D eigenvalue weighted by Crippen LogP contribution is 2.24. The Hall–Kier alpha value is -1.55. The summed E-state index contributed by atoms with van der Waals surface area (Å²) in [4.78, 5) is 13.7. The largest absolute Gasteiger partial charge is 0.386 e. The van der Waals surface area contributed by atoms with Crippen molar-refractivity contribution in [2.45, 2.75) is 32.8 Å². The fraction of sp³-hybridized carbons (Fsp3) is 0.533. The third-order valence-electron chi connectivity index (χ3n) is 3.88. The number of anilines is 1. The van der Waals surface area contributed by atoms with Crippen molar-refractivity contribution in [1.29, 1.82) is 0 Å². The Balaban J connectivity index is 1.88. The molecule has 4 heteroatoms. The smallest absolute Gasteiger partial charge is 0.242 e. The average Bonchev–Trinajstić information content (AvgIpc) is 2.34. The summed E-state index contributed by atoms with van der Waals surface area (Å²) in [6, 6.07) is 6.06. The van der Waals surface area contributed by atoms with Crippen LogP contribution in [0.25, 0.3) is 0 Å². The van der Waals surface area contributed by atoms with E-state index < -0.39 is 5.60 Å². The van der Waals surface area contributed by atoms with Crippen molar-refractivity contribution in [1.82, 2.24) is 4.90 Å². The van der Waals surface area contributed by atoms with Crippen molar-refractivity contribution in [3.63, 3.8) is 0 Å². The van der Waals surface area contributed by atoms with Crippen LogP contribution in [0.5, 0.6) is 0 Å². The summed E-state index contributed by atoms with van der Waals surface area (Å²) in [6.07, 6.45) is 0.696. The first-order valence-electron chi connectivity index (χ1n) is 6.75. The quantitative estimate of drug-likeness (QED) is 0.868. The summed E-state index contributed by atoms with van der Waals surface area (Å²) >= 11 is 0. The highest BCUT2D eigenvalue weighted by atomic mass is 16.3. The maximum Gasteiger partial charge on any atom is 0.242 e. The lowest BCUT2D eigenvalue weighted by atomic mass is 9.91. The number of carbonyl (C=O) groups is 1. The summed E-state index contributed by atoms with van der Waals surface area (Å²) in [5.74, 6) is 0.0424. The van der Waals surface area contributed by atoms with Gasteiger partial charge in [0.2, 0.25) is 5.91 Å². The van der Waals surface area contributed by atoms with Gasteiger partial charge in [-0.05, 0) is 31.4 Å². The molecule has 1 amide bonds. The maximum absolute atomic E-state index is 12.0.